The second-order valence-electron chi connectivity index (χ2n) is 10.7. The average Bonchev–Trinajstić information content (AvgIpc) is 3.23. The summed E-state index contributed by atoms with van der Waals surface area (Å²) in [5.41, 5.74) is 3.51. The number of anilines is 1. The normalized spacial score (nSPS) is 14.6. The van der Waals surface area contributed by atoms with Crippen molar-refractivity contribution in [3.63, 3.8) is 0 Å². The fourth-order valence-corrected chi connectivity index (χ4v) is 5.35. The number of ether oxygens (including phenoxy) is 3. The topological polar surface area (TPSA) is 78.2 Å². The SMILES string of the molecule is CCOc1cc(C2c3c(oc4cc(C)c(C)cc4c3=O)C(=O)N2c2ccc(OC)c(Cl)c2)ccc1OCCC(C)C. The van der Waals surface area contributed by atoms with Gasteiger partial charge in [-0.2, -0.15) is 0 Å². The molecule has 7 nitrogen and oxygen atoms in total. The molecule has 214 valence electrons. The van der Waals surface area contributed by atoms with E-state index >= 15 is 0 Å². The second kappa shape index (κ2) is 11.5. The number of nitrogens with zero attached hydrogens (tertiary/aromatic N) is 1. The molecular weight excluding hydrogens is 542 g/mol. The maximum absolute atomic E-state index is 14.1. The molecule has 2 heterocycles. The molecule has 0 aliphatic carbocycles. The molecule has 0 N–H and O–H groups in total. The molecule has 8 heteroatoms. The smallest absolute Gasteiger partial charge is 0.295 e. The first-order valence-electron chi connectivity index (χ1n) is 13.8. The summed E-state index contributed by atoms with van der Waals surface area (Å²) in [6.45, 7) is 11.0. The highest BCUT2D eigenvalue weighted by Gasteiger charge is 2.44. The van der Waals surface area contributed by atoms with Gasteiger partial charge in [-0.25, -0.2) is 0 Å². The lowest BCUT2D eigenvalue weighted by molar-refractivity contribution is 0.0971. The molecule has 1 aliphatic heterocycles. The number of fused-ring (bicyclic) bond motifs is 2. The Hall–Kier alpha value is -3.97. The Kier molecular flexibility index (Phi) is 8.00. The molecule has 1 unspecified atom stereocenters. The summed E-state index contributed by atoms with van der Waals surface area (Å²) in [6, 6.07) is 13.5. The van der Waals surface area contributed by atoms with Gasteiger partial charge in [-0.05, 0) is 92.3 Å². The largest absolute Gasteiger partial charge is 0.495 e. The van der Waals surface area contributed by atoms with Crippen LogP contribution >= 0.6 is 11.6 Å². The maximum atomic E-state index is 14.1. The van der Waals surface area contributed by atoms with Crippen LogP contribution in [0.5, 0.6) is 17.2 Å². The van der Waals surface area contributed by atoms with Crippen LogP contribution in [0.25, 0.3) is 11.0 Å². The molecular formula is C33H34ClNO6. The molecule has 0 saturated carbocycles. The Morgan fingerprint density at radius 1 is 0.951 bits per heavy atom. The minimum Gasteiger partial charge on any atom is -0.495 e. The van der Waals surface area contributed by atoms with Gasteiger partial charge in [0.15, 0.2) is 16.9 Å². The predicted octanol–water partition coefficient (Wildman–Crippen LogP) is 7.65. The average molecular weight is 576 g/mol. The number of halogens is 1. The number of carbonyl (C=O) groups excluding carboxylic acids is 1. The fourth-order valence-electron chi connectivity index (χ4n) is 5.10. The van der Waals surface area contributed by atoms with Gasteiger partial charge in [0, 0.05) is 5.69 Å². The molecule has 0 spiro atoms. The van der Waals surface area contributed by atoms with E-state index in [1.165, 1.54) is 7.11 Å². The van der Waals surface area contributed by atoms with Crippen LogP contribution in [0.4, 0.5) is 5.69 Å². The second-order valence-corrected chi connectivity index (χ2v) is 11.1. The lowest BCUT2D eigenvalue weighted by atomic mass is 9.97. The van der Waals surface area contributed by atoms with Crippen molar-refractivity contribution in [3.8, 4) is 17.2 Å². The Bertz CT molecular complexity index is 1690. The Morgan fingerprint density at radius 3 is 2.37 bits per heavy atom. The summed E-state index contributed by atoms with van der Waals surface area (Å²) in [7, 11) is 1.53. The molecule has 5 rings (SSSR count). The van der Waals surface area contributed by atoms with Crippen LogP contribution < -0.4 is 24.5 Å². The zero-order valence-corrected chi connectivity index (χ0v) is 24.9. The first-order valence-corrected chi connectivity index (χ1v) is 14.2. The zero-order chi connectivity index (χ0) is 29.4. The summed E-state index contributed by atoms with van der Waals surface area (Å²) in [4.78, 5) is 29.7. The summed E-state index contributed by atoms with van der Waals surface area (Å²) in [5.74, 6) is 1.70. The van der Waals surface area contributed by atoms with E-state index in [0.29, 0.717) is 63.6 Å². The number of benzene rings is 3. The molecule has 41 heavy (non-hydrogen) atoms. The van der Waals surface area contributed by atoms with E-state index in [1.54, 1.807) is 29.2 Å². The number of hydrogen-bond acceptors (Lipinski definition) is 6. The Labute approximate surface area is 244 Å². The number of methoxy groups -OCH3 is 1. The third kappa shape index (κ3) is 5.26. The predicted molar refractivity (Wildman–Crippen MR) is 161 cm³/mol. The standard InChI is InChI=1S/C33H34ClNO6/c1-7-39-28-16-21(8-10-26(28)40-13-12-18(2)3)30-29-31(36)23-14-19(4)20(5)15-27(23)41-32(29)33(37)35(30)22-9-11-25(38-6)24(34)17-22/h8-11,14-18,30H,7,12-13H2,1-6H3. The number of hydrogen-bond donors (Lipinski definition) is 0. The van der Waals surface area contributed by atoms with Crippen molar-refractivity contribution < 1.29 is 23.4 Å². The fraction of sp³-hybridized carbons (Fsp3) is 0.333. The van der Waals surface area contributed by atoms with E-state index in [9.17, 15) is 9.59 Å². The van der Waals surface area contributed by atoms with E-state index in [1.807, 2.05) is 45.0 Å². The van der Waals surface area contributed by atoms with Crippen molar-refractivity contribution in [3.05, 3.63) is 91.8 Å². The van der Waals surface area contributed by atoms with E-state index in [0.717, 1.165) is 17.5 Å². The minimum absolute atomic E-state index is 0.0120. The molecule has 1 amide bonds. The number of amides is 1. The van der Waals surface area contributed by atoms with Gasteiger partial charge in [0.1, 0.15) is 11.3 Å². The number of aryl methyl sites for hydroxylation is 2. The Morgan fingerprint density at radius 2 is 1.68 bits per heavy atom. The van der Waals surface area contributed by atoms with Gasteiger partial charge < -0.3 is 18.6 Å². The highest BCUT2D eigenvalue weighted by atomic mass is 35.5. The lowest BCUT2D eigenvalue weighted by Gasteiger charge is -2.26. The van der Waals surface area contributed by atoms with Crippen molar-refractivity contribution >= 4 is 34.2 Å². The van der Waals surface area contributed by atoms with Crippen LogP contribution in [0.2, 0.25) is 5.02 Å². The van der Waals surface area contributed by atoms with Crippen molar-refractivity contribution in [2.75, 3.05) is 25.2 Å². The molecule has 1 aromatic heterocycles. The molecule has 0 saturated heterocycles. The van der Waals surface area contributed by atoms with E-state index < -0.39 is 11.9 Å². The monoisotopic (exact) mass is 575 g/mol. The molecule has 0 bridgehead atoms. The van der Waals surface area contributed by atoms with Gasteiger partial charge in [0.2, 0.25) is 5.76 Å². The number of rotatable bonds is 9. The van der Waals surface area contributed by atoms with Gasteiger partial charge >= 0.3 is 0 Å². The van der Waals surface area contributed by atoms with Crippen LogP contribution in [0.1, 0.15) is 66.0 Å². The van der Waals surface area contributed by atoms with E-state index in [2.05, 4.69) is 13.8 Å². The first kappa shape index (κ1) is 28.6. The summed E-state index contributed by atoms with van der Waals surface area (Å²) in [6.07, 6.45) is 0.900. The van der Waals surface area contributed by atoms with Crippen LogP contribution in [0.15, 0.2) is 57.7 Å². The van der Waals surface area contributed by atoms with Crippen LogP contribution in [0.3, 0.4) is 0 Å². The summed E-state index contributed by atoms with van der Waals surface area (Å²) < 4.78 is 23.5. The van der Waals surface area contributed by atoms with Gasteiger partial charge in [0.05, 0.1) is 42.3 Å². The molecule has 0 fully saturated rings. The highest BCUT2D eigenvalue weighted by molar-refractivity contribution is 6.32. The quantitative estimate of drug-likeness (QED) is 0.204. The lowest BCUT2D eigenvalue weighted by Crippen LogP contribution is -2.29. The van der Waals surface area contributed by atoms with Gasteiger partial charge in [-0.1, -0.05) is 31.5 Å². The molecule has 0 radical (unpaired) electrons. The Balaban J connectivity index is 1.71. The van der Waals surface area contributed by atoms with Crippen molar-refractivity contribution in [2.24, 2.45) is 5.92 Å². The van der Waals surface area contributed by atoms with E-state index in [4.69, 9.17) is 30.2 Å². The first-order chi connectivity index (χ1) is 19.6. The molecule has 1 aliphatic rings. The van der Waals surface area contributed by atoms with Crippen molar-refractivity contribution in [2.45, 2.75) is 47.1 Å². The zero-order valence-electron chi connectivity index (χ0n) is 24.2. The third-order valence-corrected chi connectivity index (χ3v) is 7.73. The van der Waals surface area contributed by atoms with Crippen molar-refractivity contribution in [1.82, 2.24) is 0 Å². The van der Waals surface area contributed by atoms with Crippen LogP contribution in [-0.4, -0.2) is 26.2 Å². The maximum Gasteiger partial charge on any atom is 0.295 e. The van der Waals surface area contributed by atoms with Gasteiger partial charge in [0.25, 0.3) is 5.91 Å². The van der Waals surface area contributed by atoms with Gasteiger partial charge in [-0.3, -0.25) is 14.5 Å². The summed E-state index contributed by atoms with van der Waals surface area (Å²) >= 11 is 6.49. The molecule has 3 aromatic carbocycles. The van der Waals surface area contributed by atoms with Crippen molar-refractivity contribution in [1.29, 1.82) is 0 Å². The van der Waals surface area contributed by atoms with Crippen LogP contribution in [-0.2, 0) is 0 Å². The van der Waals surface area contributed by atoms with Crippen LogP contribution in [0, 0.1) is 19.8 Å². The van der Waals surface area contributed by atoms with Gasteiger partial charge in [-0.15, -0.1) is 0 Å². The van der Waals surface area contributed by atoms with E-state index in [-0.39, 0.29) is 16.8 Å². The number of carbonyl (C=O) groups is 1. The molecule has 4 aromatic rings. The minimum atomic E-state index is -0.784. The molecule has 1 atom stereocenters. The third-order valence-electron chi connectivity index (χ3n) is 7.44. The summed E-state index contributed by atoms with van der Waals surface area (Å²) in [5, 5.41) is 0.769. The highest BCUT2D eigenvalue weighted by Crippen LogP contribution is 2.44.